The second-order valence-electron chi connectivity index (χ2n) is 7.20. The molecule has 0 saturated heterocycles. The molecule has 0 heterocycles. The van der Waals surface area contributed by atoms with E-state index in [-0.39, 0.29) is 24.0 Å². The van der Waals surface area contributed by atoms with Gasteiger partial charge in [0.15, 0.2) is 5.78 Å². The Bertz CT molecular complexity index is 755. The number of hydrogen-bond donors (Lipinski definition) is 0. The highest BCUT2D eigenvalue weighted by Gasteiger charge is 2.61. The fourth-order valence-corrected chi connectivity index (χ4v) is 4.71. The van der Waals surface area contributed by atoms with Crippen molar-refractivity contribution in [3.05, 3.63) is 29.3 Å². The number of benzene rings is 1. The number of carbonyl (C=O) groups excluding carboxylic acids is 3. The Morgan fingerprint density at radius 2 is 1.88 bits per heavy atom. The van der Waals surface area contributed by atoms with Crippen LogP contribution >= 0.6 is 0 Å². The van der Waals surface area contributed by atoms with Gasteiger partial charge in [-0.3, -0.25) is 14.4 Å². The highest BCUT2D eigenvalue weighted by molar-refractivity contribution is 6.08. The van der Waals surface area contributed by atoms with Gasteiger partial charge in [-0.15, -0.1) is 0 Å². The predicted octanol–water partition coefficient (Wildman–Crippen LogP) is 2.28. The maximum absolute atomic E-state index is 13.0. The summed E-state index contributed by atoms with van der Waals surface area (Å²) in [6.45, 7) is 1.52. The lowest BCUT2D eigenvalue weighted by Crippen LogP contribution is -2.56. The van der Waals surface area contributed by atoms with Gasteiger partial charge in [-0.1, -0.05) is 6.07 Å². The second-order valence-corrected chi connectivity index (χ2v) is 7.20. The topological polar surface area (TPSA) is 78.9 Å². The minimum absolute atomic E-state index is 0.112. The maximum Gasteiger partial charge on any atom is 0.319 e. The molecule has 2 aliphatic rings. The normalized spacial score (nSPS) is 30.0. The molecule has 1 aromatic rings. The summed E-state index contributed by atoms with van der Waals surface area (Å²) < 4.78 is 15.2. The lowest BCUT2D eigenvalue weighted by molar-refractivity contribution is -0.177. The van der Waals surface area contributed by atoms with E-state index >= 15 is 0 Å². The average Bonchev–Trinajstić information content (AvgIpc) is 2.67. The molecule has 0 radical (unpaired) electrons. The Kier molecular flexibility index (Phi) is 4.78. The molecule has 4 atom stereocenters. The van der Waals surface area contributed by atoms with E-state index in [9.17, 15) is 14.4 Å². The predicted molar refractivity (Wildman–Crippen MR) is 92.8 cm³/mol. The van der Waals surface area contributed by atoms with E-state index in [0.717, 1.165) is 23.3 Å². The number of carbonyl (C=O) groups is 3. The third-order valence-electron chi connectivity index (χ3n) is 6.11. The number of Topliss-reactive ketones (excluding diaryl/α,β-unsaturated/α-hetero) is 1. The molecule has 3 rings (SSSR count). The van der Waals surface area contributed by atoms with Gasteiger partial charge in [-0.25, -0.2) is 0 Å². The molecule has 1 saturated carbocycles. The molecule has 6 nitrogen and oxygen atoms in total. The molecular formula is C20H24O6. The van der Waals surface area contributed by atoms with Crippen molar-refractivity contribution < 1.29 is 28.6 Å². The van der Waals surface area contributed by atoms with E-state index in [0.29, 0.717) is 6.42 Å². The molecule has 0 aliphatic heterocycles. The van der Waals surface area contributed by atoms with Gasteiger partial charge >= 0.3 is 11.9 Å². The Balaban J connectivity index is 2.08. The minimum atomic E-state index is -1.51. The second kappa shape index (κ2) is 6.74. The molecule has 0 aromatic heterocycles. The first-order chi connectivity index (χ1) is 12.4. The van der Waals surface area contributed by atoms with Crippen LogP contribution in [0.3, 0.4) is 0 Å². The van der Waals surface area contributed by atoms with E-state index in [1.165, 1.54) is 21.1 Å². The standard InChI is InChI=1S/C20H24O6/c1-20(19(23)26-4)16(21)10-15-13-8-6-12(24-2)9-11(13)5-7-14(15)17(20)18(22)25-3/h6,8-9,14-15,17H,5,7,10H2,1-4H3. The van der Waals surface area contributed by atoms with Crippen LogP contribution in [-0.2, 0) is 30.3 Å². The highest BCUT2D eigenvalue weighted by Crippen LogP contribution is 2.54. The van der Waals surface area contributed by atoms with Gasteiger partial charge in [-0.2, -0.15) is 0 Å². The largest absolute Gasteiger partial charge is 0.497 e. The fourth-order valence-electron chi connectivity index (χ4n) is 4.71. The summed E-state index contributed by atoms with van der Waals surface area (Å²) in [6, 6.07) is 5.82. The van der Waals surface area contributed by atoms with E-state index in [2.05, 4.69) is 0 Å². The third kappa shape index (κ3) is 2.59. The number of esters is 2. The van der Waals surface area contributed by atoms with Crippen molar-refractivity contribution in [2.75, 3.05) is 21.3 Å². The number of hydrogen-bond acceptors (Lipinski definition) is 6. The highest BCUT2D eigenvalue weighted by atomic mass is 16.5. The minimum Gasteiger partial charge on any atom is -0.497 e. The van der Waals surface area contributed by atoms with E-state index in [1.807, 2.05) is 18.2 Å². The van der Waals surface area contributed by atoms with Gasteiger partial charge in [0.05, 0.1) is 27.2 Å². The average molecular weight is 360 g/mol. The van der Waals surface area contributed by atoms with Gasteiger partial charge in [0, 0.05) is 6.42 Å². The lowest BCUT2D eigenvalue weighted by atomic mass is 9.54. The van der Waals surface area contributed by atoms with Crippen LogP contribution in [0.25, 0.3) is 0 Å². The summed E-state index contributed by atoms with van der Waals surface area (Å²) in [5.41, 5.74) is 0.674. The van der Waals surface area contributed by atoms with E-state index in [1.54, 1.807) is 7.11 Å². The van der Waals surface area contributed by atoms with Crippen molar-refractivity contribution in [3.8, 4) is 5.75 Å². The van der Waals surface area contributed by atoms with E-state index in [4.69, 9.17) is 14.2 Å². The van der Waals surface area contributed by atoms with Crippen molar-refractivity contribution in [1.29, 1.82) is 0 Å². The lowest BCUT2D eigenvalue weighted by Gasteiger charge is -2.47. The number of rotatable bonds is 3. The molecule has 0 spiro atoms. The van der Waals surface area contributed by atoms with Crippen molar-refractivity contribution in [2.45, 2.75) is 32.1 Å². The summed E-state index contributed by atoms with van der Waals surface area (Å²) in [6.07, 6.45) is 1.67. The zero-order valence-electron chi connectivity index (χ0n) is 15.5. The quantitative estimate of drug-likeness (QED) is 0.608. The first-order valence-corrected chi connectivity index (χ1v) is 8.74. The monoisotopic (exact) mass is 360 g/mol. The molecule has 1 aromatic carbocycles. The van der Waals surface area contributed by atoms with Gasteiger partial charge in [0.2, 0.25) is 0 Å². The maximum atomic E-state index is 13.0. The first-order valence-electron chi connectivity index (χ1n) is 8.74. The Hall–Kier alpha value is -2.37. The molecule has 4 unspecified atom stereocenters. The Morgan fingerprint density at radius 3 is 2.50 bits per heavy atom. The molecular weight excluding hydrogens is 336 g/mol. The van der Waals surface area contributed by atoms with E-state index < -0.39 is 23.3 Å². The summed E-state index contributed by atoms with van der Waals surface area (Å²) in [7, 11) is 4.14. The SMILES string of the molecule is COC(=O)C1C2CCc3cc(OC)ccc3C2CC(=O)C1(C)C(=O)OC. The van der Waals surface area contributed by atoms with Crippen molar-refractivity contribution in [1.82, 2.24) is 0 Å². The smallest absolute Gasteiger partial charge is 0.319 e. The Labute approximate surface area is 152 Å². The Morgan fingerprint density at radius 1 is 1.15 bits per heavy atom. The third-order valence-corrected chi connectivity index (χ3v) is 6.11. The van der Waals surface area contributed by atoms with Gasteiger partial charge < -0.3 is 14.2 Å². The molecule has 140 valence electrons. The van der Waals surface area contributed by atoms with Crippen LogP contribution in [0, 0.1) is 17.3 Å². The zero-order chi connectivity index (χ0) is 19.1. The number of ketones is 1. The summed E-state index contributed by atoms with van der Waals surface area (Å²) in [4.78, 5) is 38.1. The van der Waals surface area contributed by atoms with Crippen molar-refractivity contribution in [2.24, 2.45) is 17.3 Å². The molecule has 2 aliphatic carbocycles. The molecule has 6 heteroatoms. The summed E-state index contributed by atoms with van der Waals surface area (Å²) >= 11 is 0. The first kappa shape index (κ1) is 18.4. The van der Waals surface area contributed by atoms with Crippen molar-refractivity contribution in [3.63, 3.8) is 0 Å². The number of methoxy groups -OCH3 is 3. The summed E-state index contributed by atoms with van der Waals surface area (Å²) in [5.74, 6) is -1.81. The molecule has 1 fully saturated rings. The fraction of sp³-hybridized carbons (Fsp3) is 0.550. The molecule has 0 amide bonds. The van der Waals surface area contributed by atoms with Gasteiger partial charge in [0.25, 0.3) is 0 Å². The number of ether oxygens (including phenoxy) is 3. The van der Waals surface area contributed by atoms with Crippen LogP contribution in [0.4, 0.5) is 0 Å². The van der Waals surface area contributed by atoms with Crippen LogP contribution in [0.15, 0.2) is 18.2 Å². The van der Waals surface area contributed by atoms with Crippen LogP contribution in [0.5, 0.6) is 5.75 Å². The van der Waals surface area contributed by atoms with Crippen LogP contribution < -0.4 is 4.74 Å². The van der Waals surface area contributed by atoms with Gasteiger partial charge in [-0.05, 0) is 54.9 Å². The molecule has 26 heavy (non-hydrogen) atoms. The van der Waals surface area contributed by atoms with Crippen LogP contribution in [0.2, 0.25) is 0 Å². The van der Waals surface area contributed by atoms with Crippen LogP contribution in [0.1, 0.15) is 36.8 Å². The zero-order valence-corrected chi connectivity index (χ0v) is 15.5. The molecule has 0 bridgehead atoms. The van der Waals surface area contributed by atoms with Crippen molar-refractivity contribution >= 4 is 17.7 Å². The van der Waals surface area contributed by atoms with Crippen LogP contribution in [-0.4, -0.2) is 39.1 Å². The molecule has 0 N–H and O–H groups in total. The number of fused-ring (bicyclic) bond motifs is 3. The summed E-state index contributed by atoms with van der Waals surface area (Å²) in [5, 5.41) is 0. The van der Waals surface area contributed by atoms with Gasteiger partial charge in [0.1, 0.15) is 11.2 Å². The number of aryl methyl sites for hydroxylation is 1.